The number of nitrogens with zero attached hydrogens (tertiary/aromatic N) is 2. The van der Waals surface area contributed by atoms with Gasteiger partial charge in [-0.05, 0) is 6.07 Å². The van der Waals surface area contributed by atoms with Crippen LogP contribution in [0.1, 0.15) is 0 Å². The number of rotatable bonds is 2. The van der Waals surface area contributed by atoms with Crippen molar-refractivity contribution in [3.63, 3.8) is 0 Å². The van der Waals surface area contributed by atoms with Crippen molar-refractivity contribution in [2.45, 2.75) is 0 Å². The SMILES string of the molecule is OB(O)c1ccc(-c2cnccn2)s1. The van der Waals surface area contributed by atoms with Crippen molar-refractivity contribution in [2.75, 3.05) is 0 Å². The smallest absolute Gasteiger partial charge is 0.423 e. The summed E-state index contributed by atoms with van der Waals surface area (Å²) in [7, 11) is -1.41. The topological polar surface area (TPSA) is 66.2 Å². The molecule has 0 aliphatic heterocycles. The Morgan fingerprint density at radius 1 is 1.21 bits per heavy atom. The van der Waals surface area contributed by atoms with E-state index in [2.05, 4.69) is 9.97 Å². The maximum atomic E-state index is 8.91. The molecule has 2 N–H and O–H groups in total. The zero-order valence-electron chi connectivity index (χ0n) is 7.16. The molecule has 0 aromatic carbocycles. The zero-order valence-corrected chi connectivity index (χ0v) is 7.98. The Kier molecular flexibility index (Phi) is 2.58. The summed E-state index contributed by atoms with van der Waals surface area (Å²) in [6, 6.07) is 3.46. The van der Waals surface area contributed by atoms with Gasteiger partial charge in [0, 0.05) is 17.2 Å². The second kappa shape index (κ2) is 3.87. The summed E-state index contributed by atoms with van der Waals surface area (Å²) in [5.74, 6) is 0. The first kappa shape index (κ1) is 9.33. The van der Waals surface area contributed by atoms with Gasteiger partial charge in [-0.1, -0.05) is 6.07 Å². The molecular formula is C8H7BN2O2S. The highest BCUT2D eigenvalue weighted by atomic mass is 32.1. The lowest BCUT2D eigenvalue weighted by atomic mass is 9.90. The summed E-state index contributed by atoms with van der Waals surface area (Å²) in [6.07, 6.45) is 4.84. The van der Waals surface area contributed by atoms with E-state index >= 15 is 0 Å². The van der Waals surface area contributed by atoms with Crippen molar-refractivity contribution in [2.24, 2.45) is 0 Å². The van der Waals surface area contributed by atoms with E-state index in [1.165, 1.54) is 11.3 Å². The average molecular weight is 206 g/mol. The van der Waals surface area contributed by atoms with E-state index in [1.807, 2.05) is 0 Å². The highest BCUT2D eigenvalue weighted by molar-refractivity contribution is 7.24. The van der Waals surface area contributed by atoms with Crippen LogP contribution < -0.4 is 4.78 Å². The van der Waals surface area contributed by atoms with Gasteiger partial charge in [0.25, 0.3) is 0 Å². The predicted molar refractivity (Wildman–Crippen MR) is 55.2 cm³/mol. The van der Waals surface area contributed by atoms with Gasteiger partial charge in [0.05, 0.1) is 16.8 Å². The zero-order chi connectivity index (χ0) is 9.97. The Morgan fingerprint density at radius 2 is 2.07 bits per heavy atom. The van der Waals surface area contributed by atoms with E-state index in [-0.39, 0.29) is 0 Å². The van der Waals surface area contributed by atoms with Gasteiger partial charge in [-0.2, -0.15) is 0 Å². The number of thiophene rings is 1. The quantitative estimate of drug-likeness (QED) is 0.672. The van der Waals surface area contributed by atoms with Crippen molar-refractivity contribution in [3.05, 3.63) is 30.7 Å². The summed E-state index contributed by atoms with van der Waals surface area (Å²) >= 11 is 1.29. The molecular weight excluding hydrogens is 199 g/mol. The molecule has 6 heteroatoms. The summed E-state index contributed by atoms with van der Waals surface area (Å²) in [5.41, 5.74) is 0.740. The summed E-state index contributed by atoms with van der Waals surface area (Å²) < 4.78 is 0.505. The van der Waals surface area contributed by atoms with E-state index in [0.717, 1.165) is 10.6 Å². The standard InChI is InChI=1S/C8H7BN2O2S/c12-9(13)8-2-1-7(14-8)6-5-10-3-4-11-6/h1-5,12-13H. The van der Waals surface area contributed by atoms with Crippen molar-refractivity contribution in [1.82, 2.24) is 9.97 Å². The van der Waals surface area contributed by atoms with Gasteiger partial charge in [0.15, 0.2) is 0 Å². The van der Waals surface area contributed by atoms with Crippen LogP contribution in [0.2, 0.25) is 0 Å². The van der Waals surface area contributed by atoms with Gasteiger partial charge < -0.3 is 10.0 Å². The second-order valence-corrected chi connectivity index (χ2v) is 3.78. The van der Waals surface area contributed by atoms with Crippen LogP contribution >= 0.6 is 11.3 Å². The third-order valence-electron chi connectivity index (χ3n) is 1.70. The Bertz CT molecular complexity index is 418. The molecule has 0 atom stereocenters. The molecule has 0 aliphatic rings. The van der Waals surface area contributed by atoms with E-state index < -0.39 is 7.12 Å². The molecule has 0 fully saturated rings. The van der Waals surface area contributed by atoms with Crippen LogP contribution in [0.15, 0.2) is 30.7 Å². The molecule has 0 unspecified atom stereocenters. The minimum atomic E-state index is -1.41. The van der Waals surface area contributed by atoms with E-state index in [9.17, 15) is 0 Å². The Morgan fingerprint density at radius 3 is 2.64 bits per heavy atom. The second-order valence-electron chi connectivity index (χ2n) is 2.67. The van der Waals surface area contributed by atoms with E-state index in [4.69, 9.17) is 10.0 Å². The molecule has 0 aliphatic carbocycles. The largest absolute Gasteiger partial charge is 0.499 e. The maximum Gasteiger partial charge on any atom is 0.499 e. The molecule has 0 bridgehead atoms. The van der Waals surface area contributed by atoms with Crippen LogP contribution in [0.25, 0.3) is 10.6 Å². The molecule has 2 aromatic rings. The predicted octanol–water partition coefficient (Wildman–Crippen LogP) is -0.115. The number of aromatic nitrogens is 2. The summed E-state index contributed by atoms with van der Waals surface area (Å²) in [5, 5.41) is 17.8. The minimum absolute atomic E-state index is 0.505. The first-order valence-electron chi connectivity index (χ1n) is 3.99. The van der Waals surface area contributed by atoms with Gasteiger partial charge in [0.2, 0.25) is 0 Å². The molecule has 0 amide bonds. The molecule has 2 aromatic heterocycles. The van der Waals surface area contributed by atoms with Crippen LogP contribution in [-0.4, -0.2) is 27.1 Å². The monoisotopic (exact) mass is 206 g/mol. The fourth-order valence-electron chi connectivity index (χ4n) is 1.06. The van der Waals surface area contributed by atoms with Gasteiger partial charge in [0.1, 0.15) is 0 Å². The molecule has 70 valence electrons. The van der Waals surface area contributed by atoms with Crippen molar-refractivity contribution in [3.8, 4) is 10.6 Å². The molecule has 0 saturated carbocycles. The van der Waals surface area contributed by atoms with Crippen LogP contribution in [-0.2, 0) is 0 Å². The normalized spacial score (nSPS) is 10.1. The van der Waals surface area contributed by atoms with Gasteiger partial charge in [-0.25, -0.2) is 0 Å². The first-order chi connectivity index (χ1) is 6.77. The lowest BCUT2D eigenvalue weighted by molar-refractivity contribution is 0.427. The lowest BCUT2D eigenvalue weighted by Crippen LogP contribution is -2.26. The number of hydrogen-bond donors (Lipinski definition) is 2. The fraction of sp³-hybridized carbons (Fsp3) is 0. The van der Waals surface area contributed by atoms with Crippen LogP contribution in [0.5, 0.6) is 0 Å². The highest BCUT2D eigenvalue weighted by Gasteiger charge is 2.14. The lowest BCUT2D eigenvalue weighted by Gasteiger charge is -1.93. The molecule has 0 radical (unpaired) electrons. The van der Waals surface area contributed by atoms with Gasteiger partial charge in [-0.15, -0.1) is 11.3 Å². The molecule has 2 rings (SSSR count). The van der Waals surface area contributed by atoms with Crippen LogP contribution in [0, 0.1) is 0 Å². The minimum Gasteiger partial charge on any atom is -0.423 e. The molecule has 14 heavy (non-hydrogen) atoms. The van der Waals surface area contributed by atoms with Crippen molar-refractivity contribution < 1.29 is 10.0 Å². The third kappa shape index (κ3) is 1.82. The number of hydrogen-bond acceptors (Lipinski definition) is 5. The van der Waals surface area contributed by atoms with Crippen molar-refractivity contribution >= 4 is 23.2 Å². The molecule has 0 saturated heterocycles. The van der Waals surface area contributed by atoms with Gasteiger partial charge >= 0.3 is 7.12 Å². The summed E-state index contributed by atoms with van der Waals surface area (Å²) in [4.78, 5) is 8.92. The Hall–Kier alpha value is -1.24. The van der Waals surface area contributed by atoms with Crippen molar-refractivity contribution in [1.29, 1.82) is 0 Å². The molecule has 2 heterocycles. The first-order valence-corrected chi connectivity index (χ1v) is 4.81. The third-order valence-corrected chi connectivity index (χ3v) is 2.84. The Labute approximate surface area is 85.0 Å². The van der Waals surface area contributed by atoms with Crippen LogP contribution in [0.3, 0.4) is 0 Å². The molecule has 0 spiro atoms. The highest BCUT2D eigenvalue weighted by Crippen LogP contribution is 2.19. The molecule has 4 nitrogen and oxygen atoms in total. The fourth-order valence-corrected chi connectivity index (χ4v) is 1.90. The average Bonchev–Trinajstić information content (AvgIpc) is 2.68. The Balaban J connectivity index is 2.34. The van der Waals surface area contributed by atoms with Gasteiger partial charge in [-0.3, -0.25) is 9.97 Å². The van der Waals surface area contributed by atoms with E-state index in [1.54, 1.807) is 30.7 Å². The van der Waals surface area contributed by atoms with Crippen LogP contribution in [0.4, 0.5) is 0 Å². The summed E-state index contributed by atoms with van der Waals surface area (Å²) in [6.45, 7) is 0. The maximum absolute atomic E-state index is 8.91. The van der Waals surface area contributed by atoms with E-state index in [0.29, 0.717) is 4.78 Å².